The van der Waals surface area contributed by atoms with Crippen LogP contribution in [0.2, 0.25) is 0 Å². The topological polar surface area (TPSA) is 92.9 Å². The number of ketones is 1. The Bertz CT molecular complexity index is 1180. The van der Waals surface area contributed by atoms with Gasteiger partial charge in [0, 0.05) is 22.2 Å². The molecular weight excluding hydrogens is 398 g/mol. The number of thiazole rings is 1. The number of pyridine rings is 1. The second-order valence-electron chi connectivity index (χ2n) is 7.71. The normalized spacial score (nSPS) is 16.5. The fourth-order valence-electron chi connectivity index (χ4n) is 3.86. The Labute approximate surface area is 178 Å². The molecule has 152 valence electrons. The van der Waals surface area contributed by atoms with Crippen LogP contribution in [0.1, 0.15) is 51.6 Å². The Morgan fingerprint density at radius 2 is 2.13 bits per heavy atom. The summed E-state index contributed by atoms with van der Waals surface area (Å²) in [7, 11) is 0. The Balaban J connectivity index is 1.61. The molecule has 1 aliphatic rings. The van der Waals surface area contributed by atoms with Gasteiger partial charge in [0.05, 0.1) is 17.1 Å². The van der Waals surface area contributed by atoms with Crippen LogP contribution in [0.15, 0.2) is 29.6 Å². The molecule has 0 N–H and O–H groups in total. The fourth-order valence-corrected chi connectivity index (χ4v) is 4.72. The van der Waals surface area contributed by atoms with E-state index in [1.807, 2.05) is 30.3 Å². The maximum absolute atomic E-state index is 13.1. The van der Waals surface area contributed by atoms with Crippen LogP contribution >= 0.6 is 11.3 Å². The van der Waals surface area contributed by atoms with E-state index in [4.69, 9.17) is 9.72 Å². The summed E-state index contributed by atoms with van der Waals surface area (Å²) >= 11 is 1.26. The van der Waals surface area contributed by atoms with Crippen LogP contribution in [-0.4, -0.2) is 28.3 Å². The van der Waals surface area contributed by atoms with Crippen molar-refractivity contribution in [3.8, 4) is 6.07 Å². The first-order valence-electron chi connectivity index (χ1n) is 9.90. The van der Waals surface area contributed by atoms with E-state index >= 15 is 0 Å². The average Bonchev–Trinajstić information content (AvgIpc) is 3.16. The van der Waals surface area contributed by atoms with Crippen molar-refractivity contribution in [3.05, 3.63) is 57.2 Å². The van der Waals surface area contributed by atoms with Gasteiger partial charge in [-0.15, -0.1) is 11.3 Å². The molecule has 0 amide bonds. The highest BCUT2D eigenvalue weighted by Gasteiger charge is 2.28. The van der Waals surface area contributed by atoms with Gasteiger partial charge < -0.3 is 4.74 Å². The van der Waals surface area contributed by atoms with E-state index in [2.05, 4.69) is 11.9 Å². The highest BCUT2D eigenvalue weighted by Crippen LogP contribution is 2.32. The van der Waals surface area contributed by atoms with Crippen LogP contribution in [-0.2, 0) is 22.4 Å². The standard InChI is InChI=1S/C23H21N3O3S/c1-13-7-8-19-16(9-13)21(15-5-3-4-6-18(15)26-19)23(28)29-11-20(27)17(10-24)22-25-14(2)12-30-22/h3-6,12-13,17H,7-9,11H2,1-2H3/t13-,17+/m1/s1. The molecule has 1 aromatic carbocycles. The second-order valence-corrected chi connectivity index (χ2v) is 8.60. The maximum atomic E-state index is 13.1. The predicted octanol–water partition coefficient (Wildman–Crippen LogP) is 4.16. The number of aryl methyl sites for hydroxylation is 2. The van der Waals surface area contributed by atoms with Gasteiger partial charge in [0.25, 0.3) is 0 Å². The van der Waals surface area contributed by atoms with Crippen molar-refractivity contribution in [2.75, 3.05) is 6.61 Å². The molecule has 0 bridgehead atoms. The molecule has 0 radical (unpaired) electrons. The van der Waals surface area contributed by atoms with Gasteiger partial charge in [-0.05, 0) is 43.7 Å². The quantitative estimate of drug-likeness (QED) is 0.577. The van der Waals surface area contributed by atoms with Gasteiger partial charge in [-0.1, -0.05) is 25.1 Å². The number of carbonyl (C=O) groups is 2. The van der Waals surface area contributed by atoms with Crippen molar-refractivity contribution in [3.63, 3.8) is 0 Å². The zero-order valence-electron chi connectivity index (χ0n) is 16.8. The van der Waals surface area contributed by atoms with Crippen molar-refractivity contribution in [2.24, 2.45) is 5.92 Å². The monoisotopic (exact) mass is 419 g/mol. The number of hydrogen-bond donors (Lipinski definition) is 0. The number of para-hydroxylation sites is 1. The predicted molar refractivity (Wildman–Crippen MR) is 113 cm³/mol. The molecule has 1 aliphatic carbocycles. The highest BCUT2D eigenvalue weighted by molar-refractivity contribution is 7.09. The van der Waals surface area contributed by atoms with Crippen LogP contribution in [0, 0.1) is 24.2 Å². The number of ether oxygens (including phenoxy) is 1. The highest BCUT2D eigenvalue weighted by atomic mass is 32.1. The Kier molecular flexibility index (Phi) is 5.60. The van der Waals surface area contributed by atoms with Crippen LogP contribution in [0.5, 0.6) is 0 Å². The number of aromatic nitrogens is 2. The number of fused-ring (bicyclic) bond motifs is 2. The summed E-state index contributed by atoms with van der Waals surface area (Å²) in [6.07, 6.45) is 2.60. The van der Waals surface area contributed by atoms with Gasteiger partial charge in [-0.3, -0.25) is 9.78 Å². The minimum Gasteiger partial charge on any atom is -0.454 e. The third-order valence-corrected chi connectivity index (χ3v) is 6.42. The number of rotatable bonds is 5. The number of benzene rings is 1. The SMILES string of the molecule is Cc1csc([C@@H](C#N)C(=O)COC(=O)c2c3c(nc4ccccc24)CC[C@@H](C)C3)n1. The summed E-state index contributed by atoms with van der Waals surface area (Å²) in [4.78, 5) is 34.6. The molecule has 7 heteroatoms. The first-order valence-corrected chi connectivity index (χ1v) is 10.8. The van der Waals surface area contributed by atoms with Crippen molar-refractivity contribution in [1.29, 1.82) is 5.26 Å². The van der Waals surface area contributed by atoms with Gasteiger partial charge in [0.2, 0.25) is 0 Å². The lowest BCUT2D eigenvalue weighted by molar-refractivity contribution is -0.122. The number of nitrogens with zero attached hydrogens (tertiary/aromatic N) is 3. The lowest BCUT2D eigenvalue weighted by Crippen LogP contribution is -2.23. The minimum absolute atomic E-state index is 0.427. The number of nitriles is 1. The van der Waals surface area contributed by atoms with Crippen LogP contribution in [0.3, 0.4) is 0 Å². The van der Waals surface area contributed by atoms with E-state index in [0.717, 1.165) is 47.1 Å². The number of Topliss-reactive ketones (excluding diaryl/α,β-unsaturated/α-hetero) is 1. The summed E-state index contributed by atoms with van der Waals surface area (Å²) in [6.45, 7) is 3.50. The Morgan fingerprint density at radius 1 is 1.33 bits per heavy atom. The van der Waals surface area contributed by atoms with Gasteiger partial charge >= 0.3 is 5.97 Å². The summed E-state index contributed by atoms with van der Waals surface area (Å²) in [6, 6.07) is 9.47. The summed E-state index contributed by atoms with van der Waals surface area (Å²) in [5, 5.41) is 12.4. The lowest BCUT2D eigenvalue weighted by atomic mass is 9.84. The Hall–Kier alpha value is -3.11. The summed E-state index contributed by atoms with van der Waals surface area (Å²) < 4.78 is 5.42. The zero-order chi connectivity index (χ0) is 21.3. The zero-order valence-corrected chi connectivity index (χ0v) is 17.7. The molecular formula is C23H21N3O3S. The van der Waals surface area contributed by atoms with Crippen LogP contribution in [0.25, 0.3) is 10.9 Å². The summed E-state index contributed by atoms with van der Waals surface area (Å²) in [5.74, 6) is -1.59. The van der Waals surface area contributed by atoms with Gasteiger partial charge in [-0.2, -0.15) is 5.26 Å². The molecule has 0 saturated carbocycles. The summed E-state index contributed by atoms with van der Waals surface area (Å²) in [5.41, 5.74) is 3.84. The van der Waals surface area contributed by atoms with E-state index in [1.54, 1.807) is 12.3 Å². The molecule has 2 heterocycles. The van der Waals surface area contributed by atoms with Crippen LogP contribution in [0.4, 0.5) is 0 Å². The van der Waals surface area contributed by atoms with Crippen molar-refractivity contribution < 1.29 is 14.3 Å². The fraction of sp³-hybridized carbons (Fsp3) is 0.348. The molecule has 2 aromatic heterocycles. The minimum atomic E-state index is -1.03. The third-order valence-electron chi connectivity index (χ3n) is 5.39. The van der Waals surface area contributed by atoms with E-state index in [0.29, 0.717) is 16.5 Å². The number of esters is 1. The number of carbonyl (C=O) groups excluding carboxylic acids is 2. The van der Waals surface area contributed by atoms with Gasteiger partial charge in [-0.25, -0.2) is 9.78 Å². The molecule has 4 rings (SSSR count). The van der Waals surface area contributed by atoms with E-state index < -0.39 is 24.3 Å². The lowest BCUT2D eigenvalue weighted by Gasteiger charge is -2.24. The second kappa shape index (κ2) is 8.33. The van der Waals surface area contributed by atoms with Crippen molar-refractivity contribution in [2.45, 2.75) is 39.0 Å². The van der Waals surface area contributed by atoms with Gasteiger partial charge in [0.1, 0.15) is 5.01 Å². The first kappa shape index (κ1) is 20.2. The molecule has 2 atom stereocenters. The average molecular weight is 420 g/mol. The molecule has 0 unspecified atom stereocenters. The molecule has 0 spiro atoms. The molecule has 3 aromatic rings. The Morgan fingerprint density at radius 3 is 2.87 bits per heavy atom. The van der Waals surface area contributed by atoms with Crippen molar-refractivity contribution >= 4 is 34.0 Å². The molecule has 0 fully saturated rings. The number of hydrogen-bond acceptors (Lipinski definition) is 7. The largest absolute Gasteiger partial charge is 0.454 e. The maximum Gasteiger partial charge on any atom is 0.339 e. The molecule has 30 heavy (non-hydrogen) atoms. The van der Waals surface area contributed by atoms with E-state index in [-0.39, 0.29) is 0 Å². The van der Waals surface area contributed by atoms with E-state index in [1.165, 1.54) is 11.3 Å². The molecule has 0 saturated heterocycles. The molecule has 6 nitrogen and oxygen atoms in total. The smallest absolute Gasteiger partial charge is 0.339 e. The van der Waals surface area contributed by atoms with Crippen molar-refractivity contribution in [1.82, 2.24) is 9.97 Å². The van der Waals surface area contributed by atoms with Gasteiger partial charge in [0.15, 0.2) is 18.3 Å². The van der Waals surface area contributed by atoms with E-state index in [9.17, 15) is 14.9 Å². The van der Waals surface area contributed by atoms with Crippen LogP contribution < -0.4 is 0 Å². The molecule has 0 aliphatic heterocycles. The third kappa shape index (κ3) is 3.83. The first-order chi connectivity index (χ1) is 14.5.